The quantitative estimate of drug-likeness (QED) is 0.247. The van der Waals surface area contributed by atoms with Gasteiger partial charge in [-0.3, -0.25) is 14.9 Å². The van der Waals surface area contributed by atoms with Crippen LogP contribution in [0.25, 0.3) is 15.9 Å². The highest BCUT2D eigenvalue weighted by atomic mass is 32.1. The van der Waals surface area contributed by atoms with E-state index in [-0.39, 0.29) is 17.1 Å². The Morgan fingerprint density at radius 1 is 1.18 bits per heavy atom. The summed E-state index contributed by atoms with van der Waals surface area (Å²) >= 11 is 1.21. The van der Waals surface area contributed by atoms with Crippen molar-refractivity contribution in [2.75, 3.05) is 19.0 Å². The van der Waals surface area contributed by atoms with Gasteiger partial charge in [-0.15, -0.1) is 11.3 Å². The van der Waals surface area contributed by atoms with E-state index in [0.717, 1.165) is 21.6 Å². The molecule has 0 aliphatic carbocycles. The van der Waals surface area contributed by atoms with Crippen molar-refractivity contribution in [3.63, 3.8) is 0 Å². The molecule has 0 aliphatic rings. The van der Waals surface area contributed by atoms with Gasteiger partial charge in [-0.1, -0.05) is 18.2 Å². The van der Waals surface area contributed by atoms with Gasteiger partial charge in [0.2, 0.25) is 0 Å². The van der Waals surface area contributed by atoms with Crippen LogP contribution >= 0.6 is 11.3 Å². The third kappa shape index (κ3) is 4.53. The van der Waals surface area contributed by atoms with E-state index in [1.165, 1.54) is 36.6 Å². The lowest BCUT2D eigenvalue weighted by molar-refractivity contribution is -0.384. The summed E-state index contributed by atoms with van der Waals surface area (Å²) in [6.07, 6.45) is 0. The van der Waals surface area contributed by atoms with E-state index in [1.807, 2.05) is 37.3 Å². The van der Waals surface area contributed by atoms with Gasteiger partial charge in [0.15, 0.2) is 6.61 Å². The van der Waals surface area contributed by atoms with E-state index in [2.05, 4.69) is 10.4 Å². The highest BCUT2D eigenvalue weighted by Gasteiger charge is 2.20. The number of rotatable bonds is 7. The molecule has 0 atom stereocenters. The van der Waals surface area contributed by atoms with E-state index in [1.54, 1.807) is 10.7 Å². The number of anilines is 1. The molecule has 4 aromatic rings. The number of methoxy groups -OCH3 is 1. The third-order valence-electron chi connectivity index (χ3n) is 4.75. The molecular weight excluding hydrogens is 448 g/mol. The maximum absolute atomic E-state index is 12.6. The molecule has 0 fully saturated rings. The monoisotopic (exact) mass is 466 g/mol. The van der Waals surface area contributed by atoms with Crippen molar-refractivity contribution >= 4 is 44.8 Å². The summed E-state index contributed by atoms with van der Waals surface area (Å²) in [5.41, 5.74) is 1.52. The number of benzene rings is 2. The molecule has 0 radical (unpaired) electrons. The lowest BCUT2D eigenvalue weighted by Crippen LogP contribution is -2.21. The van der Waals surface area contributed by atoms with Crippen LogP contribution in [-0.2, 0) is 9.53 Å². The zero-order chi connectivity index (χ0) is 23.5. The molecule has 2 heterocycles. The molecule has 11 heteroatoms. The van der Waals surface area contributed by atoms with Crippen LogP contribution in [0.4, 0.5) is 11.4 Å². The number of nitro groups is 1. The fourth-order valence-electron chi connectivity index (χ4n) is 3.19. The second kappa shape index (κ2) is 9.09. The molecule has 4 rings (SSSR count). The number of ether oxygens (including phenoxy) is 2. The summed E-state index contributed by atoms with van der Waals surface area (Å²) in [7, 11) is 1.37. The second-order valence-corrected chi connectivity index (χ2v) is 7.96. The number of thiophene rings is 1. The normalized spacial score (nSPS) is 10.7. The van der Waals surface area contributed by atoms with Gasteiger partial charge in [0, 0.05) is 17.5 Å². The largest absolute Gasteiger partial charge is 0.495 e. The number of carbonyl (C=O) groups is 2. The molecule has 10 nitrogen and oxygen atoms in total. The number of esters is 1. The van der Waals surface area contributed by atoms with E-state index in [4.69, 9.17) is 9.47 Å². The number of nitrogens with zero attached hydrogens (tertiary/aromatic N) is 3. The Hall–Kier alpha value is -4.25. The molecular formula is C22H18N4O6S. The van der Waals surface area contributed by atoms with Crippen molar-refractivity contribution in [1.82, 2.24) is 9.78 Å². The van der Waals surface area contributed by atoms with Crippen LogP contribution in [0.5, 0.6) is 5.75 Å². The molecule has 33 heavy (non-hydrogen) atoms. The zero-order valence-corrected chi connectivity index (χ0v) is 18.4. The number of hydrogen-bond donors (Lipinski definition) is 1. The molecule has 0 saturated heterocycles. The molecule has 168 valence electrons. The number of hydrogen-bond acceptors (Lipinski definition) is 8. The Bertz CT molecular complexity index is 1360. The van der Waals surface area contributed by atoms with Gasteiger partial charge in [-0.25, -0.2) is 9.48 Å². The van der Waals surface area contributed by atoms with Crippen molar-refractivity contribution in [1.29, 1.82) is 0 Å². The number of para-hydroxylation sites is 1. The van der Waals surface area contributed by atoms with Gasteiger partial charge >= 0.3 is 5.97 Å². The number of aromatic nitrogens is 2. The van der Waals surface area contributed by atoms with E-state index in [0.29, 0.717) is 4.88 Å². The fourth-order valence-corrected chi connectivity index (χ4v) is 4.26. The van der Waals surface area contributed by atoms with Crippen LogP contribution in [0, 0.1) is 17.0 Å². The van der Waals surface area contributed by atoms with Gasteiger partial charge < -0.3 is 14.8 Å². The molecule has 1 amide bonds. The highest BCUT2D eigenvalue weighted by molar-refractivity contribution is 7.20. The topological polar surface area (TPSA) is 126 Å². The smallest absolute Gasteiger partial charge is 0.348 e. The van der Waals surface area contributed by atoms with Crippen molar-refractivity contribution < 1.29 is 24.0 Å². The number of aryl methyl sites for hydroxylation is 1. The van der Waals surface area contributed by atoms with Crippen molar-refractivity contribution in [3.05, 3.63) is 75.3 Å². The number of fused-ring (bicyclic) bond motifs is 1. The lowest BCUT2D eigenvalue weighted by Gasteiger charge is -2.10. The highest BCUT2D eigenvalue weighted by Crippen LogP contribution is 2.31. The second-order valence-electron chi connectivity index (χ2n) is 6.93. The summed E-state index contributed by atoms with van der Waals surface area (Å²) in [6.45, 7) is 1.28. The first-order valence-corrected chi connectivity index (χ1v) is 10.5. The summed E-state index contributed by atoms with van der Waals surface area (Å²) in [5.74, 6) is -1.07. The van der Waals surface area contributed by atoms with Crippen molar-refractivity contribution in [2.45, 2.75) is 6.92 Å². The summed E-state index contributed by atoms with van der Waals surface area (Å²) < 4.78 is 12.0. The minimum Gasteiger partial charge on any atom is -0.495 e. The third-order valence-corrected chi connectivity index (χ3v) is 5.84. The van der Waals surface area contributed by atoms with Gasteiger partial charge in [0.05, 0.1) is 29.1 Å². The van der Waals surface area contributed by atoms with Crippen molar-refractivity contribution in [2.24, 2.45) is 0 Å². The van der Waals surface area contributed by atoms with E-state index >= 15 is 0 Å². The number of non-ortho nitro benzene ring substituents is 1. The van der Waals surface area contributed by atoms with Crippen LogP contribution in [0.1, 0.15) is 15.4 Å². The summed E-state index contributed by atoms with van der Waals surface area (Å²) in [6, 6.07) is 15.0. The van der Waals surface area contributed by atoms with Crippen LogP contribution in [-0.4, -0.2) is 40.3 Å². The maximum atomic E-state index is 12.6. The SMILES string of the molecule is COc1ccc([N+](=O)[O-])cc1NC(=O)COC(=O)c1cc2c(C)nn(-c3ccccc3)c2s1. The number of nitro benzene ring substituents is 1. The number of carbonyl (C=O) groups excluding carboxylic acids is 2. The number of nitrogens with one attached hydrogen (secondary N) is 1. The van der Waals surface area contributed by atoms with Crippen LogP contribution in [0.15, 0.2) is 54.6 Å². The molecule has 1 N–H and O–H groups in total. The lowest BCUT2D eigenvalue weighted by atomic mass is 10.2. The Labute approximate surface area is 191 Å². The first kappa shape index (κ1) is 22.0. The Kier molecular flexibility index (Phi) is 6.05. The van der Waals surface area contributed by atoms with Gasteiger partial charge in [-0.05, 0) is 31.2 Å². The maximum Gasteiger partial charge on any atom is 0.348 e. The van der Waals surface area contributed by atoms with Gasteiger partial charge in [0.25, 0.3) is 11.6 Å². The summed E-state index contributed by atoms with van der Waals surface area (Å²) in [4.78, 5) is 36.4. The molecule has 0 bridgehead atoms. The van der Waals surface area contributed by atoms with E-state index in [9.17, 15) is 19.7 Å². The molecule has 2 aromatic carbocycles. The molecule has 0 saturated carbocycles. The fraction of sp³-hybridized carbons (Fsp3) is 0.136. The van der Waals surface area contributed by atoms with Crippen LogP contribution in [0.2, 0.25) is 0 Å². The zero-order valence-electron chi connectivity index (χ0n) is 17.6. The Morgan fingerprint density at radius 2 is 1.94 bits per heavy atom. The number of amides is 1. The van der Waals surface area contributed by atoms with Gasteiger partial charge in [0.1, 0.15) is 15.5 Å². The average molecular weight is 466 g/mol. The summed E-state index contributed by atoms with van der Waals surface area (Å²) in [5, 5.41) is 18.8. The first-order chi connectivity index (χ1) is 15.9. The Balaban J connectivity index is 1.47. The standard InChI is InChI=1S/C22H18N4O6S/c1-13-16-11-19(33-21(16)25(24-13)14-6-4-3-5-7-14)22(28)32-12-20(27)23-17-10-15(26(29)30)8-9-18(17)31-2/h3-11H,12H2,1-2H3,(H,23,27). The molecule has 0 spiro atoms. The first-order valence-electron chi connectivity index (χ1n) is 9.71. The average Bonchev–Trinajstić information content (AvgIpc) is 3.38. The van der Waals surface area contributed by atoms with Gasteiger partial charge in [-0.2, -0.15) is 5.10 Å². The minimum atomic E-state index is -0.657. The molecule has 0 unspecified atom stereocenters. The minimum absolute atomic E-state index is 0.105. The van der Waals surface area contributed by atoms with Crippen LogP contribution < -0.4 is 10.1 Å². The van der Waals surface area contributed by atoms with Crippen molar-refractivity contribution in [3.8, 4) is 11.4 Å². The van der Waals surface area contributed by atoms with Crippen LogP contribution in [0.3, 0.4) is 0 Å². The Morgan fingerprint density at radius 3 is 2.64 bits per heavy atom. The predicted octanol–water partition coefficient (Wildman–Crippen LogP) is 4.11. The molecule has 0 aliphatic heterocycles. The van der Waals surface area contributed by atoms with E-state index < -0.39 is 23.4 Å². The predicted molar refractivity (Wildman–Crippen MR) is 122 cm³/mol. The molecule has 2 aromatic heterocycles.